The minimum atomic E-state index is -9.25. The largest absolute Gasteiger partial charge is 0.460 e. The minimum Gasteiger partial charge on any atom is -0.229 e. The van der Waals surface area contributed by atoms with E-state index < -0.39 is 93.1 Å². The van der Waals surface area contributed by atoms with Crippen LogP contribution in [0.1, 0.15) is 6.42 Å². The van der Waals surface area contributed by atoms with Crippen molar-refractivity contribution in [3.63, 3.8) is 0 Å². The van der Waals surface area contributed by atoms with Crippen LogP contribution in [0.3, 0.4) is 0 Å². The Morgan fingerprint density at radius 3 is 0.923 bits per heavy atom. The van der Waals surface area contributed by atoms with E-state index in [9.17, 15) is 101 Å². The molecule has 0 aliphatic rings. The highest BCUT2D eigenvalue weighted by atomic mass is 35.5. The van der Waals surface area contributed by atoms with Crippen molar-refractivity contribution >= 4 is 21.4 Å². The Labute approximate surface area is 206 Å². The summed E-state index contributed by atoms with van der Waals surface area (Å²) in [6.07, 6.45) is -11.2. The second kappa shape index (κ2) is 9.95. The molecule has 236 valence electrons. The van der Waals surface area contributed by atoms with Crippen molar-refractivity contribution in [2.24, 2.45) is 0 Å². The van der Waals surface area contributed by atoms with E-state index in [1.165, 1.54) is 0 Å². The predicted octanol–water partition coefficient (Wildman–Crippen LogP) is 7.31. The fourth-order valence-electron chi connectivity index (χ4n) is 2.25. The zero-order valence-electron chi connectivity index (χ0n) is 17.4. The molecule has 0 heterocycles. The average Bonchev–Trinajstić information content (AvgIpc) is 2.70. The lowest BCUT2D eigenvalue weighted by molar-refractivity contribution is -0.474. The molecule has 0 saturated carbocycles. The van der Waals surface area contributed by atoms with Crippen LogP contribution in [0.5, 0.6) is 0 Å². The lowest BCUT2D eigenvalue weighted by atomic mass is 9.86. The summed E-state index contributed by atoms with van der Waals surface area (Å²) in [5, 5.41) is 0. The minimum absolute atomic E-state index is 0.980. The van der Waals surface area contributed by atoms with Crippen LogP contribution >= 0.6 is 11.6 Å². The van der Waals surface area contributed by atoms with Gasteiger partial charge in [0.15, 0.2) is 9.84 Å². The van der Waals surface area contributed by atoms with Crippen LogP contribution in [-0.2, 0) is 9.84 Å². The van der Waals surface area contributed by atoms with Crippen LogP contribution in [0.4, 0.5) is 92.2 Å². The van der Waals surface area contributed by atoms with Crippen LogP contribution in [0.25, 0.3) is 0 Å². The smallest absolute Gasteiger partial charge is 0.229 e. The van der Waals surface area contributed by atoms with E-state index in [1.54, 1.807) is 0 Å². The molecule has 0 unspecified atom stereocenters. The molecule has 0 aromatic carbocycles. The van der Waals surface area contributed by atoms with Crippen LogP contribution in [0, 0.1) is 0 Å². The molecule has 0 rings (SSSR count). The average molecular weight is 675 g/mol. The van der Waals surface area contributed by atoms with E-state index in [-0.39, 0.29) is 0 Å². The van der Waals surface area contributed by atoms with Gasteiger partial charge in [-0.15, -0.1) is 11.6 Å². The molecule has 25 heteroatoms. The Morgan fingerprint density at radius 2 is 0.667 bits per heavy atom. The standard InChI is InChI=1S/C14H8ClF21O2S/c15-2-4-39(37,38)3-1-5(16,17)6(18,19)7(20,21)8(22,23)9(24,25)10(26,27)11(28,29)12(30,31)13(32,33)14(34,35)36/h1-4H2. The van der Waals surface area contributed by atoms with Crippen LogP contribution in [0.15, 0.2) is 0 Å². The molecule has 0 fully saturated rings. The highest BCUT2D eigenvalue weighted by molar-refractivity contribution is 7.91. The third kappa shape index (κ3) is 5.40. The first-order valence-corrected chi connectivity index (χ1v) is 11.1. The quantitative estimate of drug-likeness (QED) is 0.152. The van der Waals surface area contributed by atoms with Crippen LogP contribution in [0.2, 0.25) is 0 Å². The summed E-state index contributed by atoms with van der Waals surface area (Å²) in [5.41, 5.74) is 0. The van der Waals surface area contributed by atoms with E-state index in [0.717, 1.165) is 0 Å². The van der Waals surface area contributed by atoms with Crippen molar-refractivity contribution in [3.8, 4) is 0 Å². The Bertz CT molecular complexity index is 983. The first-order chi connectivity index (χ1) is 16.5. The lowest BCUT2D eigenvalue weighted by Crippen LogP contribution is -2.76. The lowest BCUT2D eigenvalue weighted by Gasteiger charge is -2.44. The summed E-state index contributed by atoms with van der Waals surface area (Å²) in [7, 11) is -5.01. The number of alkyl halides is 22. The molecule has 0 aromatic heterocycles. The number of rotatable bonds is 13. The molecule has 0 amide bonds. The number of hydrogen-bond acceptors (Lipinski definition) is 2. The summed E-state index contributed by atoms with van der Waals surface area (Å²) >= 11 is 4.86. The molecule has 0 saturated heterocycles. The molecule has 0 aromatic rings. The van der Waals surface area contributed by atoms with Crippen molar-refractivity contribution in [3.05, 3.63) is 0 Å². The van der Waals surface area contributed by atoms with Gasteiger partial charge >= 0.3 is 59.5 Å². The highest BCUT2D eigenvalue weighted by Gasteiger charge is 2.97. The fraction of sp³-hybridized carbons (Fsp3) is 1.00. The topological polar surface area (TPSA) is 34.1 Å². The molecule has 0 aliphatic heterocycles. The van der Waals surface area contributed by atoms with E-state index in [2.05, 4.69) is 0 Å². The molecular weight excluding hydrogens is 667 g/mol. The Balaban J connectivity index is 6.92. The van der Waals surface area contributed by atoms with E-state index >= 15 is 0 Å². The van der Waals surface area contributed by atoms with Gasteiger partial charge in [0.1, 0.15) is 0 Å². The van der Waals surface area contributed by atoms with Gasteiger partial charge in [0.05, 0.1) is 11.5 Å². The van der Waals surface area contributed by atoms with Crippen molar-refractivity contribution in [2.45, 2.75) is 65.9 Å². The van der Waals surface area contributed by atoms with Crippen molar-refractivity contribution < 1.29 is 101 Å². The van der Waals surface area contributed by atoms with Crippen molar-refractivity contribution in [2.75, 3.05) is 17.4 Å². The summed E-state index contributed by atoms with van der Waals surface area (Å²) in [6.45, 7) is 0. The molecule has 0 atom stereocenters. The van der Waals surface area contributed by atoms with Gasteiger partial charge in [-0.25, -0.2) is 8.42 Å². The molecule has 0 radical (unpaired) electrons. The molecule has 39 heavy (non-hydrogen) atoms. The first-order valence-electron chi connectivity index (χ1n) is 8.75. The molecule has 0 bridgehead atoms. The molecule has 2 nitrogen and oxygen atoms in total. The van der Waals surface area contributed by atoms with Gasteiger partial charge < -0.3 is 0 Å². The van der Waals surface area contributed by atoms with Gasteiger partial charge in [-0.05, 0) is 0 Å². The third-order valence-corrected chi connectivity index (χ3v) is 6.76. The Morgan fingerprint density at radius 1 is 0.410 bits per heavy atom. The Kier molecular flexibility index (Phi) is 9.63. The number of hydrogen-bond donors (Lipinski definition) is 0. The number of sulfone groups is 1. The molecular formula is C14H8ClF21O2S. The zero-order chi connectivity index (χ0) is 32.3. The van der Waals surface area contributed by atoms with Crippen molar-refractivity contribution in [1.82, 2.24) is 0 Å². The maximum Gasteiger partial charge on any atom is 0.460 e. The fourth-order valence-corrected chi connectivity index (χ4v) is 3.96. The molecule has 0 spiro atoms. The molecule has 0 aliphatic carbocycles. The normalized spacial score (nSPS) is 16.6. The van der Waals surface area contributed by atoms with Crippen molar-refractivity contribution in [1.29, 1.82) is 0 Å². The number of halogens is 22. The molecule has 0 N–H and O–H groups in total. The van der Waals surface area contributed by atoms with Crippen LogP contribution < -0.4 is 0 Å². The highest BCUT2D eigenvalue weighted by Crippen LogP contribution is 2.66. The summed E-state index contributed by atoms with van der Waals surface area (Å²) in [5.74, 6) is -82.7. The predicted molar refractivity (Wildman–Crippen MR) is 84.6 cm³/mol. The summed E-state index contributed by atoms with van der Waals surface area (Å²) in [6, 6.07) is 0. The van der Waals surface area contributed by atoms with Gasteiger partial charge in [-0.1, -0.05) is 0 Å². The third-order valence-electron chi connectivity index (χ3n) is 4.69. The van der Waals surface area contributed by atoms with E-state index in [4.69, 9.17) is 11.6 Å². The van der Waals surface area contributed by atoms with Gasteiger partial charge in [-0.3, -0.25) is 0 Å². The van der Waals surface area contributed by atoms with E-state index in [1.807, 2.05) is 0 Å². The van der Waals surface area contributed by atoms with Gasteiger partial charge in [0, 0.05) is 12.3 Å². The van der Waals surface area contributed by atoms with Gasteiger partial charge in [-0.2, -0.15) is 92.2 Å². The SMILES string of the molecule is O=S(=O)(CCCl)CCC(F)(F)C(F)(F)C(F)(F)C(F)(F)C(F)(F)C(F)(F)C(F)(F)C(F)(F)C(F)(F)C(F)(F)F. The van der Waals surface area contributed by atoms with E-state index in [0.29, 0.717) is 0 Å². The summed E-state index contributed by atoms with van der Waals surface area (Å²) < 4.78 is 300. The zero-order valence-corrected chi connectivity index (χ0v) is 18.9. The van der Waals surface area contributed by atoms with Gasteiger partial charge in [0.25, 0.3) is 0 Å². The summed E-state index contributed by atoms with van der Waals surface area (Å²) in [4.78, 5) is 0. The first kappa shape index (κ1) is 37.8. The van der Waals surface area contributed by atoms with Crippen LogP contribution in [-0.4, -0.2) is 85.3 Å². The monoisotopic (exact) mass is 674 g/mol. The second-order valence-corrected chi connectivity index (χ2v) is 10.1. The maximum atomic E-state index is 13.7. The Hall–Kier alpha value is -1.23. The van der Waals surface area contributed by atoms with Gasteiger partial charge in [0.2, 0.25) is 0 Å². The maximum absolute atomic E-state index is 13.7. The second-order valence-electron chi connectivity index (χ2n) is 7.39.